The van der Waals surface area contributed by atoms with Crippen molar-refractivity contribution in [3.8, 4) is 5.75 Å². The molecule has 1 unspecified atom stereocenters. The average Bonchev–Trinajstić information content (AvgIpc) is 3.33. The maximum atomic E-state index is 13.8. The number of hydrogen-bond donors (Lipinski definition) is 3. The summed E-state index contributed by atoms with van der Waals surface area (Å²) in [4.78, 5) is 27.6. The highest BCUT2D eigenvalue weighted by Crippen LogP contribution is 2.38. The number of aryl methyl sites for hydroxylation is 1. The Morgan fingerprint density at radius 1 is 1.00 bits per heavy atom. The highest BCUT2D eigenvalue weighted by Gasteiger charge is 2.29. The number of furan rings is 1. The largest absolute Gasteiger partial charge is 0.493 e. The number of ether oxygens (including phenoxy) is 1. The number of hydrogen-bond acceptors (Lipinski definition) is 7. The van der Waals surface area contributed by atoms with Gasteiger partial charge in [-0.15, -0.1) is 0 Å². The number of anilines is 2. The van der Waals surface area contributed by atoms with E-state index in [4.69, 9.17) is 20.7 Å². The van der Waals surface area contributed by atoms with E-state index in [0.717, 1.165) is 63.7 Å². The minimum absolute atomic E-state index is 0.0877. The number of carbonyl (C=O) groups is 2. The molecule has 3 aliphatic heterocycles. The molecule has 8 bridgehead atoms. The SMILES string of the molecule is Cc1c2ccc(c1N)N(N)CCCCCOc1ccc3c(C)c(oc3c1)C(=O)N1CCc3ccc(cc3C1)C2CC(=O)O. The molecule has 5 N–H and O–H groups in total. The molecule has 3 aromatic carbocycles. The second-order valence-corrected chi connectivity index (χ2v) is 11.7. The zero-order valence-electron chi connectivity index (χ0n) is 24.7. The molecule has 224 valence electrons. The zero-order valence-corrected chi connectivity index (χ0v) is 24.7. The van der Waals surface area contributed by atoms with Gasteiger partial charge in [-0.2, -0.15) is 0 Å². The molecule has 3 aliphatic rings. The predicted molar refractivity (Wildman–Crippen MR) is 166 cm³/mol. The van der Waals surface area contributed by atoms with Gasteiger partial charge in [0.1, 0.15) is 11.3 Å². The zero-order chi connectivity index (χ0) is 30.2. The molecular formula is C34H38N4O5. The summed E-state index contributed by atoms with van der Waals surface area (Å²) < 4.78 is 12.1. The van der Waals surface area contributed by atoms with Crippen LogP contribution < -0.4 is 21.3 Å². The quantitative estimate of drug-likeness (QED) is 0.203. The van der Waals surface area contributed by atoms with Crippen LogP contribution in [0.1, 0.15) is 75.5 Å². The molecule has 9 heteroatoms. The molecule has 4 heterocycles. The third-order valence-corrected chi connectivity index (χ3v) is 8.95. The third kappa shape index (κ3) is 5.52. The van der Waals surface area contributed by atoms with E-state index in [1.54, 1.807) is 5.01 Å². The molecule has 1 atom stereocenters. The molecule has 1 aromatic heterocycles. The molecule has 4 aromatic rings. The lowest BCUT2D eigenvalue weighted by molar-refractivity contribution is -0.137. The van der Waals surface area contributed by atoms with Crippen molar-refractivity contribution in [2.45, 2.75) is 58.4 Å². The molecule has 0 fully saturated rings. The molecule has 1 amide bonds. The fraction of sp³-hybridized carbons (Fsp3) is 0.353. The lowest BCUT2D eigenvalue weighted by atomic mass is 9.83. The fourth-order valence-corrected chi connectivity index (χ4v) is 6.42. The first-order valence-corrected chi connectivity index (χ1v) is 14.9. The minimum Gasteiger partial charge on any atom is -0.493 e. The number of hydrazine groups is 1. The van der Waals surface area contributed by atoms with Gasteiger partial charge in [-0.1, -0.05) is 24.3 Å². The number of rotatable bonds is 2. The van der Waals surface area contributed by atoms with E-state index in [9.17, 15) is 14.7 Å². The molecular weight excluding hydrogens is 544 g/mol. The Kier molecular flexibility index (Phi) is 7.75. The van der Waals surface area contributed by atoms with Crippen molar-refractivity contribution in [2.24, 2.45) is 5.84 Å². The minimum atomic E-state index is -0.896. The Morgan fingerprint density at radius 2 is 1.84 bits per heavy atom. The first kappa shape index (κ1) is 28.6. The van der Waals surface area contributed by atoms with E-state index >= 15 is 0 Å². The second-order valence-electron chi connectivity index (χ2n) is 11.7. The van der Waals surface area contributed by atoms with Gasteiger partial charge >= 0.3 is 5.97 Å². The standard InChI is InChI=1S/C34H38N4O5/c1-20-26-10-11-29(32(20)35)38(36)13-4-3-5-15-42-25-8-9-27-21(2)33(43-30(27)17-25)34(41)37-14-12-22-6-7-23(16-24(22)19-37)28(26)18-31(39)40/h6-11,16-17,28H,3-5,12-15,18-19,35-36H2,1-2H3,(H,39,40). The van der Waals surface area contributed by atoms with Gasteiger partial charge in [-0.05, 0) is 85.5 Å². The molecule has 7 rings (SSSR count). The number of nitrogen functional groups attached to an aromatic ring is 1. The summed E-state index contributed by atoms with van der Waals surface area (Å²) in [6.45, 7) is 5.99. The Labute approximate surface area is 251 Å². The van der Waals surface area contributed by atoms with Gasteiger partial charge in [0.15, 0.2) is 5.76 Å². The van der Waals surface area contributed by atoms with Crippen molar-refractivity contribution in [1.29, 1.82) is 0 Å². The predicted octanol–water partition coefficient (Wildman–Crippen LogP) is 5.68. The van der Waals surface area contributed by atoms with Crippen LogP contribution >= 0.6 is 0 Å². The smallest absolute Gasteiger partial charge is 0.304 e. The Morgan fingerprint density at radius 3 is 2.65 bits per heavy atom. The van der Waals surface area contributed by atoms with Crippen molar-refractivity contribution in [3.05, 3.63) is 87.7 Å². The van der Waals surface area contributed by atoms with E-state index in [1.807, 2.05) is 61.2 Å². The van der Waals surface area contributed by atoms with E-state index in [-0.39, 0.29) is 12.3 Å². The summed E-state index contributed by atoms with van der Waals surface area (Å²) in [6.07, 6.45) is 3.24. The Hall–Kier alpha value is -4.50. The summed E-state index contributed by atoms with van der Waals surface area (Å²) in [6, 6.07) is 15.7. The van der Waals surface area contributed by atoms with Crippen molar-refractivity contribution in [1.82, 2.24) is 4.90 Å². The van der Waals surface area contributed by atoms with Crippen LogP contribution in [0.4, 0.5) is 11.4 Å². The number of amides is 1. The van der Waals surface area contributed by atoms with Crippen LogP contribution in [0.25, 0.3) is 11.0 Å². The fourth-order valence-electron chi connectivity index (χ4n) is 6.42. The van der Waals surface area contributed by atoms with E-state index in [1.165, 1.54) is 0 Å². The van der Waals surface area contributed by atoms with Crippen molar-refractivity contribution in [2.75, 3.05) is 30.4 Å². The van der Waals surface area contributed by atoms with Crippen LogP contribution in [-0.4, -0.2) is 41.6 Å². The van der Waals surface area contributed by atoms with Gasteiger partial charge in [-0.3, -0.25) is 9.59 Å². The van der Waals surface area contributed by atoms with Crippen LogP contribution in [0.2, 0.25) is 0 Å². The number of aliphatic carboxylic acids is 1. The number of benzene rings is 3. The molecule has 0 radical (unpaired) electrons. The second kappa shape index (κ2) is 11.6. The lowest BCUT2D eigenvalue weighted by Crippen LogP contribution is -2.36. The summed E-state index contributed by atoms with van der Waals surface area (Å²) >= 11 is 0. The number of carbonyl (C=O) groups excluding carboxylic acids is 1. The van der Waals surface area contributed by atoms with Gasteiger partial charge in [0, 0.05) is 42.6 Å². The number of carboxylic acid groups (broad SMARTS) is 1. The van der Waals surface area contributed by atoms with Crippen LogP contribution in [0.15, 0.2) is 52.9 Å². The molecule has 43 heavy (non-hydrogen) atoms. The number of fused-ring (bicyclic) bond motifs is 8. The van der Waals surface area contributed by atoms with Crippen molar-refractivity contribution in [3.63, 3.8) is 0 Å². The summed E-state index contributed by atoms with van der Waals surface area (Å²) in [5, 5.41) is 12.5. The molecule has 0 saturated heterocycles. The first-order chi connectivity index (χ1) is 20.7. The maximum Gasteiger partial charge on any atom is 0.304 e. The average molecular weight is 583 g/mol. The Bertz CT molecular complexity index is 1710. The summed E-state index contributed by atoms with van der Waals surface area (Å²) in [5.41, 5.74) is 14.0. The van der Waals surface area contributed by atoms with Crippen molar-refractivity contribution < 1.29 is 23.8 Å². The monoisotopic (exact) mass is 582 g/mol. The summed E-state index contributed by atoms with van der Waals surface area (Å²) in [7, 11) is 0. The number of nitrogens with zero attached hydrogens (tertiary/aromatic N) is 2. The van der Waals surface area contributed by atoms with Gasteiger partial charge in [0.2, 0.25) is 0 Å². The van der Waals surface area contributed by atoms with Gasteiger partial charge < -0.3 is 29.9 Å². The van der Waals surface area contributed by atoms with Gasteiger partial charge in [0.05, 0.1) is 24.4 Å². The Balaban J connectivity index is 1.41. The normalized spacial score (nSPS) is 17.7. The first-order valence-electron chi connectivity index (χ1n) is 14.9. The highest BCUT2D eigenvalue weighted by molar-refractivity contribution is 5.99. The van der Waals surface area contributed by atoms with E-state index in [2.05, 4.69) is 6.07 Å². The van der Waals surface area contributed by atoms with Crippen LogP contribution in [0, 0.1) is 13.8 Å². The molecule has 0 saturated carbocycles. The summed E-state index contributed by atoms with van der Waals surface area (Å²) in [5.74, 6) is 6.02. The van der Waals surface area contributed by atoms with Crippen LogP contribution in [-0.2, 0) is 17.8 Å². The van der Waals surface area contributed by atoms with Crippen LogP contribution in [0.5, 0.6) is 5.75 Å². The van der Waals surface area contributed by atoms with Gasteiger partial charge in [-0.25, -0.2) is 5.84 Å². The molecule has 0 aliphatic carbocycles. The third-order valence-electron chi connectivity index (χ3n) is 8.95. The number of nitrogens with two attached hydrogens (primary N) is 2. The lowest BCUT2D eigenvalue weighted by Gasteiger charge is -2.30. The topological polar surface area (TPSA) is 135 Å². The number of carboxylic acids is 1. The highest BCUT2D eigenvalue weighted by atomic mass is 16.5. The van der Waals surface area contributed by atoms with E-state index < -0.39 is 11.9 Å². The van der Waals surface area contributed by atoms with Gasteiger partial charge in [0.25, 0.3) is 5.91 Å². The van der Waals surface area contributed by atoms with Crippen molar-refractivity contribution >= 4 is 34.2 Å². The molecule has 0 spiro atoms. The van der Waals surface area contributed by atoms with Crippen LogP contribution in [0.3, 0.4) is 0 Å². The van der Waals surface area contributed by atoms with E-state index in [0.29, 0.717) is 55.4 Å². The maximum absolute atomic E-state index is 13.8. The molecule has 9 nitrogen and oxygen atoms in total.